The first-order chi connectivity index (χ1) is 14.5. The van der Waals surface area contributed by atoms with Gasteiger partial charge in [-0.25, -0.2) is 9.97 Å². The van der Waals surface area contributed by atoms with Crippen molar-refractivity contribution in [1.29, 1.82) is 0 Å². The smallest absolute Gasteiger partial charge is 0.195 e. The zero-order chi connectivity index (χ0) is 21.3. The molecule has 30 heavy (non-hydrogen) atoms. The fourth-order valence-corrected chi connectivity index (χ4v) is 3.89. The molecule has 4 aromatic rings. The number of aromatic nitrogens is 3. The van der Waals surface area contributed by atoms with Crippen molar-refractivity contribution in [2.75, 3.05) is 11.5 Å². The lowest BCUT2D eigenvalue weighted by atomic mass is 9.99. The Kier molecular flexibility index (Phi) is 5.23. The zero-order valence-electron chi connectivity index (χ0n) is 17.2. The van der Waals surface area contributed by atoms with E-state index in [1.165, 1.54) is 0 Å². The third-order valence-electron chi connectivity index (χ3n) is 5.57. The van der Waals surface area contributed by atoms with Gasteiger partial charge in [0.25, 0.3) is 0 Å². The van der Waals surface area contributed by atoms with Crippen molar-refractivity contribution in [2.24, 2.45) is 0 Å². The van der Waals surface area contributed by atoms with E-state index in [9.17, 15) is 4.79 Å². The molecule has 0 atom stereocenters. The van der Waals surface area contributed by atoms with Gasteiger partial charge in [-0.3, -0.25) is 9.20 Å². The van der Waals surface area contributed by atoms with Crippen LogP contribution in [-0.4, -0.2) is 20.2 Å². The van der Waals surface area contributed by atoms with Gasteiger partial charge in [-0.1, -0.05) is 50.2 Å². The molecule has 0 radical (unpaired) electrons. The van der Waals surface area contributed by atoms with Crippen LogP contribution in [0.15, 0.2) is 60.9 Å². The molecule has 0 spiro atoms. The summed E-state index contributed by atoms with van der Waals surface area (Å²) in [6.45, 7) is 4.31. The number of fused-ring (bicyclic) bond motifs is 1. The maximum atomic E-state index is 12.8. The number of anilines is 2. The molecule has 4 N–H and O–H groups in total. The number of benzene rings is 2. The van der Waals surface area contributed by atoms with Crippen LogP contribution < -0.4 is 11.5 Å². The van der Waals surface area contributed by atoms with Crippen molar-refractivity contribution in [3.63, 3.8) is 0 Å². The van der Waals surface area contributed by atoms with Gasteiger partial charge in [-0.05, 0) is 25.0 Å². The quantitative estimate of drug-likeness (QED) is 0.362. The van der Waals surface area contributed by atoms with E-state index < -0.39 is 0 Å². The molecule has 0 saturated carbocycles. The van der Waals surface area contributed by atoms with Gasteiger partial charge in [0.1, 0.15) is 22.9 Å². The summed E-state index contributed by atoms with van der Waals surface area (Å²) < 4.78 is 2.02. The largest absolute Gasteiger partial charge is 0.398 e. The molecule has 0 amide bonds. The van der Waals surface area contributed by atoms with Crippen molar-refractivity contribution in [3.05, 3.63) is 77.9 Å². The Bertz CT molecular complexity index is 1210. The summed E-state index contributed by atoms with van der Waals surface area (Å²) in [4.78, 5) is 22.0. The van der Waals surface area contributed by atoms with Gasteiger partial charge in [0.15, 0.2) is 5.78 Å². The van der Waals surface area contributed by atoms with Gasteiger partial charge in [0, 0.05) is 40.7 Å². The number of ketones is 1. The lowest BCUT2D eigenvalue weighted by molar-refractivity contribution is 0.103. The summed E-state index contributed by atoms with van der Waals surface area (Å²) in [5.41, 5.74) is 16.3. The summed E-state index contributed by atoms with van der Waals surface area (Å²) in [6, 6.07) is 14.5. The molecule has 2 aromatic carbocycles. The van der Waals surface area contributed by atoms with Gasteiger partial charge in [-0.2, -0.15) is 0 Å². The first kappa shape index (κ1) is 19.6. The maximum absolute atomic E-state index is 12.8. The average Bonchev–Trinajstić information content (AvgIpc) is 3.16. The molecule has 0 aliphatic carbocycles. The number of hydrogen-bond donors (Lipinski definition) is 2. The maximum Gasteiger partial charge on any atom is 0.195 e. The lowest BCUT2D eigenvalue weighted by Crippen LogP contribution is -2.05. The number of rotatable bonds is 6. The highest BCUT2D eigenvalue weighted by molar-refractivity contribution is 6.12. The monoisotopic (exact) mass is 399 g/mol. The van der Waals surface area contributed by atoms with Crippen molar-refractivity contribution in [2.45, 2.75) is 32.6 Å². The Morgan fingerprint density at radius 1 is 1.07 bits per heavy atom. The van der Waals surface area contributed by atoms with Crippen LogP contribution in [0.25, 0.3) is 16.8 Å². The van der Waals surface area contributed by atoms with Gasteiger partial charge in [-0.15, -0.1) is 0 Å². The normalized spacial score (nSPS) is 11.3. The van der Waals surface area contributed by atoms with Crippen LogP contribution >= 0.6 is 0 Å². The fraction of sp³-hybridized carbons (Fsp3) is 0.208. The molecule has 152 valence electrons. The minimum atomic E-state index is -0.103. The van der Waals surface area contributed by atoms with E-state index in [1.54, 1.807) is 30.5 Å². The highest BCUT2D eigenvalue weighted by Gasteiger charge is 2.21. The van der Waals surface area contributed by atoms with E-state index in [-0.39, 0.29) is 5.78 Å². The van der Waals surface area contributed by atoms with E-state index in [0.29, 0.717) is 28.6 Å². The molecule has 0 bridgehead atoms. The molecule has 4 rings (SSSR count). The average molecular weight is 399 g/mol. The first-order valence-corrected chi connectivity index (χ1v) is 10.2. The van der Waals surface area contributed by atoms with Crippen molar-refractivity contribution in [1.82, 2.24) is 14.4 Å². The molecule has 0 unspecified atom stereocenters. The van der Waals surface area contributed by atoms with Crippen molar-refractivity contribution >= 4 is 22.8 Å². The van der Waals surface area contributed by atoms with Gasteiger partial charge in [0.05, 0.1) is 0 Å². The molecule has 2 heterocycles. The summed E-state index contributed by atoms with van der Waals surface area (Å²) >= 11 is 0. The first-order valence-electron chi connectivity index (χ1n) is 10.2. The molecule has 2 aromatic heterocycles. The molecular formula is C24H25N5O. The number of carbonyl (C=O) groups excluding carboxylic acids is 1. The van der Waals surface area contributed by atoms with Gasteiger partial charge in [0.2, 0.25) is 0 Å². The predicted octanol–water partition coefficient (Wildman–Crippen LogP) is 4.70. The Balaban J connectivity index is 1.83. The Labute approximate surface area is 175 Å². The van der Waals surface area contributed by atoms with Crippen LogP contribution in [0.1, 0.15) is 54.4 Å². The molecule has 0 fully saturated rings. The van der Waals surface area contributed by atoms with Crippen LogP contribution in [0.2, 0.25) is 0 Å². The molecule has 0 aliphatic rings. The predicted molar refractivity (Wildman–Crippen MR) is 120 cm³/mol. The Morgan fingerprint density at radius 2 is 1.80 bits per heavy atom. The number of nitrogens with two attached hydrogens (primary N) is 2. The van der Waals surface area contributed by atoms with Crippen LogP contribution in [-0.2, 0) is 0 Å². The van der Waals surface area contributed by atoms with Crippen LogP contribution in [0, 0.1) is 0 Å². The molecule has 0 saturated heterocycles. The fourth-order valence-electron chi connectivity index (χ4n) is 3.89. The van der Waals surface area contributed by atoms with E-state index in [2.05, 4.69) is 18.8 Å². The van der Waals surface area contributed by atoms with Crippen molar-refractivity contribution in [3.8, 4) is 11.3 Å². The summed E-state index contributed by atoms with van der Waals surface area (Å²) in [5.74, 6) is 1.58. The van der Waals surface area contributed by atoms with Crippen LogP contribution in [0.5, 0.6) is 0 Å². The summed E-state index contributed by atoms with van der Waals surface area (Å²) in [6.07, 6.45) is 5.54. The Hall–Kier alpha value is -3.67. The standard InChI is InChI=1S/C24H25N5O/c1-3-15(4-2)24-28-20(21-23(26)27-12-13-29(21)24)17-10-11-18(19(25)14-17)22(30)16-8-6-5-7-9-16/h5-15H,3-4,25H2,1-2H3,(H2,26,27). The van der Waals surface area contributed by atoms with Gasteiger partial charge >= 0.3 is 0 Å². The molecule has 0 aliphatic heterocycles. The number of nitrogen functional groups attached to an aromatic ring is 2. The number of imidazole rings is 1. The lowest BCUT2D eigenvalue weighted by Gasteiger charge is -2.10. The third kappa shape index (κ3) is 3.30. The Morgan fingerprint density at radius 3 is 2.47 bits per heavy atom. The van der Waals surface area contributed by atoms with E-state index >= 15 is 0 Å². The highest BCUT2D eigenvalue weighted by Crippen LogP contribution is 2.34. The topological polar surface area (TPSA) is 99.3 Å². The third-order valence-corrected chi connectivity index (χ3v) is 5.57. The molecular weight excluding hydrogens is 374 g/mol. The number of nitrogens with zero attached hydrogens (tertiary/aromatic N) is 3. The van der Waals surface area contributed by atoms with Crippen LogP contribution in [0.3, 0.4) is 0 Å². The zero-order valence-corrected chi connectivity index (χ0v) is 17.2. The minimum Gasteiger partial charge on any atom is -0.398 e. The second kappa shape index (κ2) is 7.99. The van der Waals surface area contributed by atoms with E-state index in [4.69, 9.17) is 16.5 Å². The number of carbonyl (C=O) groups is 1. The minimum absolute atomic E-state index is 0.103. The summed E-state index contributed by atoms with van der Waals surface area (Å²) in [7, 11) is 0. The van der Waals surface area contributed by atoms with E-state index in [0.717, 1.165) is 35.4 Å². The van der Waals surface area contributed by atoms with Crippen molar-refractivity contribution < 1.29 is 4.79 Å². The van der Waals surface area contributed by atoms with E-state index in [1.807, 2.05) is 34.9 Å². The molecule has 6 heteroatoms. The SMILES string of the molecule is CCC(CC)c1nc(-c2ccc(C(=O)c3ccccc3)c(N)c2)c2c(N)nccn12. The second-order valence-corrected chi connectivity index (χ2v) is 7.36. The second-order valence-electron chi connectivity index (χ2n) is 7.36. The van der Waals surface area contributed by atoms with Gasteiger partial charge < -0.3 is 11.5 Å². The van der Waals surface area contributed by atoms with Crippen LogP contribution in [0.4, 0.5) is 11.5 Å². The highest BCUT2D eigenvalue weighted by atomic mass is 16.1. The number of hydrogen-bond acceptors (Lipinski definition) is 5. The summed E-state index contributed by atoms with van der Waals surface area (Å²) in [5, 5.41) is 0. The molecule has 6 nitrogen and oxygen atoms in total.